The van der Waals surface area contributed by atoms with Gasteiger partial charge in [-0.1, -0.05) is 12.1 Å². The van der Waals surface area contributed by atoms with Crippen molar-refractivity contribution >= 4 is 23.2 Å². The maximum Gasteiger partial charge on any atom is 0.355 e. The molecule has 2 rings (SSSR count). The van der Waals surface area contributed by atoms with Crippen molar-refractivity contribution in [2.24, 2.45) is 0 Å². The first-order valence-electron chi connectivity index (χ1n) is 5.66. The number of carboxylic acid groups (broad SMARTS) is 1. The van der Waals surface area contributed by atoms with Crippen LogP contribution in [0.5, 0.6) is 0 Å². The van der Waals surface area contributed by atoms with E-state index in [0.29, 0.717) is 5.56 Å². The number of carbonyl (C=O) groups excluding carboxylic acids is 1. The van der Waals surface area contributed by atoms with Gasteiger partial charge in [0.25, 0.3) is 5.91 Å². The molecule has 20 heavy (non-hydrogen) atoms. The molecule has 7 heteroatoms. The van der Waals surface area contributed by atoms with E-state index in [9.17, 15) is 14.0 Å². The van der Waals surface area contributed by atoms with Gasteiger partial charge in [-0.05, 0) is 17.7 Å². The minimum atomic E-state index is -1.17. The zero-order valence-corrected chi connectivity index (χ0v) is 11.4. The molecule has 0 fully saturated rings. The van der Waals surface area contributed by atoms with Gasteiger partial charge in [-0.3, -0.25) is 4.79 Å². The molecule has 0 unspecified atom stereocenters. The summed E-state index contributed by atoms with van der Waals surface area (Å²) in [6, 6.07) is 5.94. The molecule has 104 valence electrons. The first-order valence-corrected chi connectivity index (χ1v) is 6.54. The summed E-state index contributed by atoms with van der Waals surface area (Å²) >= 11 is 0.971. The average Bonchev–Trinajstić information content (AvgIpc) is 2.87. The van der Waals surface area contributed by atoms with Crippen LogP contribution in [0.1, 0.15) is 25.9 Å². The van der Waals surface area contributed by atoms with Gasteiger partial charge < -0.3 is 10.0 Å². The highest BCUT2D eigenvalue weighted by Crippen LogP contribution is 2.14. The minimum absolute atomic E-state index is 0.0984. The van der Waals surface area contributed by atoms with E-state index in [-0.39, 0.29) is 23.1 Å². The normalized spacial score (nSPS) is 10.3. The average molecular weight is 294 g/mol. The number of aromatic carboxylic acids is 1. The summed E-state index contributed by atoms with van der Waals surface area (Å²) in [4.78, 5) is 27.9. The number of thiazole rings is 1. The second-order valence-electron chi connectivity index (χ2n) is 4.13. The van der Waals surface area contributed by atoms with E-state index < -0.39 is 11.9 Å². The van der Waals surface area contributed by atoms with Gasteiger partial charge in [0.2, 0.25) is 0 Å². The summed E-state index contributed by atoms with van der Waals surface area (Å²) in [5.74, 6) is -1.94. The molecule has 0 radical (unpaired) electrons. The summed E-state index contributed by atoms with van der Waals surface area (Å²) in [6.07, 6.45) is 0. The second kappa shape index (κ2) is 5.79. The first kappa shape index (κ1) is 14.1. The zero-order chi connectivity index (χ0) is 14.7. The molecule has 0 aliphatic heterocycles. The molecule has 1 aromatic carbocycles. The number of amides is 1. The van der Waals surface area contributed by atoms with Crippen molar-refractivity contribution in [2.45, 2.75) is 6.54 Å². The molecule has 0 saturated heterocycles. The topological polar surface area (TPSA) is 70.5 Å². The lowest BCUT2D eigenvalue weighted by atomic mass is 10.2. The van der Waals surface area contributed by atoms with Crippen LogP contribution in [-0.2, 0) is 6.54 Å². The van der Waals surface area contributed by atoms with Crippen LogP contribution < -0.4 is 0 Å². The fourth-order valence-electron chi connectivity index (χ4n) is 1.61. The van der Waals surface area contributed by atoms with E-state index in [4.69, 9.17) is 5.11 Å². The molecule has 0 spiro atoms. The highest BCUT2D eigenvalue weighted by Gasteiger charge is 2.18. The highest BCUT2D eigenvalue weighted by molar-refractivity contribution is 7.11. The number of halogens is 1. The maximum atomic E-state index is 13.1. The van der Waals surface area contributed by atoms with Crippen LogP contribution >= 0.6 is 11.3 Å². The summed E-state index contributed by atoms with van der Waals surface area (Å²) < 4.78 is 13.1. The van der Waals surface area contributed by atoms with Crippen molar-refractivity contribution in [1.29, 1.82) is 0 Å². The maximum absolute atomic E-state index is 13.1. The van der Waals surface area contributed by atoms with Gasteiger partial charge in [0.15, 0.2) is 10.7 Å². The Bertz CT molecular complexity index is 657. The Kier molecular flexibility index (Phi) is 4.09. The number of benzene rings is 1. The molecule has 2 aromatic rings. The Hall–Kier alpha value is -2.28. The van der Waals surface area contributed by atoms with E-state index in [2.05, 4.69) is 4.98 Å². The van der Waals surface area contributed by atoms with Crippen LogP contribution in [0.3, 0.4) is 0 Å². The molecule has 1 amide bonds. The van der Waals surface area contributed by atoms with Crippen LogP contribution in [0.25, 0.3) is 0 Å². The van der Waals surface area contributed by atoms with E-state index in [1.165, 1.54) is 22.4 Å². The largest absolute Gasteiger partial charge is 0.476 e. The van der Waals surface area contributed by atoms with Crippen molar-refractivity contribution in [2.75, 3.05) is 7.05 Å². The lowest BCUT2D eigenvalue weighted by molar-refractivity contribution is 0.0691. The van der Waals surface area contributed by atoms with E-state index in [0.717, 1.165) is 11.3 Å². The van der Waals surface area contributed by atoms with Crippen LogP contribution in [0.15, 0.2) is 29.6 Å². The Balaban J connectivity index is 2.10. The number of hydrogen-bond donors (Lipinski definition) is 1. The number of hydrogen-bond acceptors (Lipinski definition) is 4. The van der Waals surface area contributed by atoms with E-state index >= 15 is 0 Å². The van der Waals surface area contributed by atoms with Crippen LogP contribution in [0, 0.1) is 5.82 Å². The predicted molar refractivity (Wildman–Crippen MR) is 71.3 cm³/mol. The van der Waals surface area contributed by atoms with Gasteiger partial charge >= 0.3 is 5.97 Å². The third kappa shape index (κ3) is 3.18. The standard InChI is InChI=1S/C13H11FN2O3S/c1-16(6-8-3-2-4-9(14)5-8)12(17)11-15-10(7-20-11)13(18)19/h2-5,7H,6H2,1H3,(H,18,19). The number of carboxylic acids is 1. The smallest absolute Gasteiger partial charge is 0.355 e. The summed E-state index contributed by atoms with van der Waals surface area (Å²) in [5.41, 5.74) is 0.494. The summed E-state index contributed by atoms with van der Waals surface area (Å²) in [6.45, 7) is 0.221. The van der Waals surface area contributed by atoms with Crippen molar-refractivity contribution < 1.29 is 19.1 Å². The van der Waals surface area contributed by atoms with Crippen LogP contribution in [-0.4, -0.2) is 33.9 Å². The Morgan fingerprint density at radius 3 is 2.80 bits per heavy atom. The molecule has 0 aliphatic carbocycles. The first-order chi connectivity index (χ1) is 9.47. The molecule has 1 heterocycles. The lowest BCUT2D eigenvalue weighted by Gasteiger charge is -2.15. The predicted octanol–water partition coefficient (Wildman–Crippen LogP) is 2.25. The third-order valence-corrected chi connectivity index (χ3v) is 3.39. The molecule has 1 N–H and O–H groups in total. The number of carbonyl (C=O) groups is 2. The number of rotatable bonds is 4. The lowest BCUT2D eigenvalue weighted by Crippen LogP contribution is -2.26. The van der Waals surface area contributed by atoms with E-state index in [1.807, 2.05) is 0 Å². The molecular formula is C13H11FN2O3S. The summed E-state index contributed by atoms with van der Waals surface area (Å²) in [7, 11) is 1.55. The van der Waals surface area contributed by atoms with Gasteiger partial charge in [-0.2, -0.15) is 0 Å². The van der Waals surface area contributed by atoms with Crippen molar-refractivity contribution in [3.63, 3.8) is 0 Å². The molecular weight excluding hydrogens is 283 g/mol. The molecule has 0 aliphatic rings. The molecule has 0 saturated carbocycles. The van der Waals surface area contributed by atoms with Crippen molar-refractivity contribution in [3.05, 3.63) is 51.7 Å². The Labute approximate surface area is 118 Å². The van der Waals surface area contributed by atoms with Gasteiger partial charge in [-0.15, -0.1) is 11.3 Å². The minimum Gasteiger partial charge on any atom is -0.476 e. The Morgan fingerprint density at radius 1 is 1.45 bits per heavy atom. The molecule has 0 atom stereocenters. The van der Waals surface area contributed by atoms with Crippen molar-refractivity contribution in [3.8, 4) is 0 Å². The van der Waals surface area contributed by atoms with Gasteiger partial charge in [0.1, 0.15) is 5.82 Å². The molecule has 0 bridgehead atoms. The Morgan fingerprint density at radius 2 is 2.20 bits per heavy atom. The number of nitrogens with zero attached hydrogens (tertiary/aromatic N) is 2. The summed E-state index contributed by atoms with van der Waals surface area (Å²) in [5, 5.41) is 10.2. The van der Waals surface area contributed by atoms with Crippen molar-refractivity contribution in [1.82, 2.24) is 9.88 Å². The highest BCUT2D eigenvalue weighted by atomic mass is 32.1. The SMILES string of the molecule is CN(Cc1cccc(F)c1)C(=O)c1nc(C(=O)O)cs1. The van der Waals surface area contributed by atoms with Gasteiger partial charge in [0.05, 0.1) is 0 Å². The fraction of sp³-hybridized carbons (Fsp3) is 0.154. The van der Waals surface area contributed by atoms with Gasteiger partial charge in [0, 0.05) is 19.0 Å². The fourth-order valence-corrected chi connectivity index (χ4v) is 2.40. The van der Waals surface area contributed by atoms with E-state index in [1.54, 1.807) is 19.2 Å². The van der Waals surface area contributed by atoms with Crippen LogP contribution in [0.2, 0.25) is 0 Å². The number of aromatic nitrogens is 1. The third-order valence-electron chi connectivity index (χ3n) is 2.56. The quantitative estimate of drug-likeness (QED) is 0.939. The molecule has 1 aromatic heterocycles. The van der Waals surface area contributed by atoms with Gasteiger partial charge in [-0.25, -0.2) is 14.2 Å². The molecule has 5 nitrogen and oxygen atoms in total. The second-order valence-corrected chi connectivity index (χ2v) is 4.99. The van der Waals surface area contributed by atoms with Crippen LogP contribution in [0.4, 0.5) is 4.39 Å². The zero-order valence-electron chi connectivity index (χ0n) is 10.5. The monoisotopic (exact) mass is 294 g/mol.